The Morgan fingerprint density at radius 3 is 2.60 bits per heavy atom. The van der Waals surface area contributed by atoms with Crippen LogP contribution < -0.4 is 11.1 Å². The zero-order chi connectivity index (χ0) is 14.8. The molecule has 0 spiro atoms. The van der Waals surface area contributed by atoms with E-state index in [0.29, 0.717) is 12.1 Å². The molecule has 0 fully saturated rings. The number of carbonyl (C=O) groups is 1. The highest BCUT2D eigenvalue weighted by molar-refractivity contribution is 5.94. The van der Waals surface area contributed by atoms with E-state index < -0.39 is 0 Å². The van der Waals surface area contributed by atoms with Crippen LogP contribution in [0.1, 0.15) is 55.5 Å². The van der Waals surface area contributed by atoms with Gasteiger partial charge in [-0.1, -0.05) is 38.0 Å². The molecule has 1 unspecified atom stereocenters. The summed E-state index contributed by atoms with van der Waals surface area (Å²) in [6.45, 7) is 4.57. The molecule has 108 valence electrons. The summed E-state index contributed by atoms with van der Waals surface area (Å²) in [5.41, 5.74) is 6.87. The van der Waals surface area contributed by atoms with Crippen molar-refractivity contribution in [1.82, 2.24) is 5.32 Å². The normalized spacial score (nSPS) is 11.3. The average Bonchev–Trinajstić information content (AvgIpc) is 2.46. The highest BCUT2D eigenvalue weighted by Gasteiger charge is 2.09. The van der Waals surface area contributed by atoms with E-state index in [1.54, 1.807) is 12.1 Å². The third kappa shape index (κ3) is 5.90. The van der Waals surface area contributed by atoms with Crippen LogP contribution in [0.5, 0.6) is 0 Å². The van der Waals surface area contributed by atoms with Gasteiger partial charge >= 0.3 is 0 Å². The fraction of sp³-hybridized carbons (Fsp3) is 0.471. The fourth-order valence-electron chi connectivity index (χ4n) is 1.94. The maximum absolute atomic E-state index is 12.0. The van der Waals surface area contributed by atoms with Gasteiger partial charge in [0.05, 0.1) is 6.54 Å². The second-order valence-electron chi connectivity index (χ2n) is 4.95. The number of hydrogen-bond donors (Lipinski definition) is 2. The van der Waals surface area contributed by atoms with Crippen molar-refractivity contribution < 1.29 is 4.79 Å². The van der Waals surface area contributed by atoms with Crippen molar-refractivity contribution in [2.24, 2.45) is 5.73 Å². The first-order chi connectivity index (χ1) is 9.67. The van der Waals surface area contributed by atoms with Crippen molar-refractivity contribution in [3.05, 3.63) is 35.4 Å². The van der Waals surface area contributed by atoms with Crippen LogP contribution in [0.15, 0.2) is 24.3 Å². The second kappa shape index (κ2) is 9.17. The first-order valence-corrected chi connectivity index (χ1v) is 7.27. The van der Waals surface area contributed by atoms with Crippen molar-refractivity contribution in [3.8, 4) is 11.8 Å². The number of carbonyl (C=O) groups excluding carboxylic acids is 1. The molecule has 1 atom stereocenters. The van der Waals surface area contributed by atoms with Gasteiger partial charge in [-0.2, -0.15) is 0 Å². The summed E-state index contributed by atoms with van der Waals surface area (Å²) < 4.78 is 0. The number of amides is 1. The highest BCUT2D eigenvalue weighted by atomic mass is 16.1. The molecule has 3 nitrogen and oxygen atoms in total. The Bertz CT molecular complexity index is 468. The molecule has 1 aromatic rings. The summed E-state index contributed by atoms with van der Waals surface area (Å²) in [5.74, 6) is 5.71. The number of nitrogens with two attached hydrogens (primary N) is 1. The molecule has 1 rings (SSSR count). The van der Waals surface area contributed by atoms with Crippen LogP contribution in [-0.4, -0.2) is 18.5 Å². The van der Waals surface area contributed by atoms with Gasteiger partial charge in [0, 0.05) is 17.2 Å². The summed E-state index contributed by atoms with van der Waals surface area (Å²) in [4.78, 5) is 12.0. The van der Waals surface area contributed by atoms with E-state index in [0.717, 1.165) is 18.4 Å². The Balaban J connectivity index is 2.50. The molecule has 0 aliphatic rings. The maximum Gasteiger partial charge on any atom is 0.251 e. The van der Waals surface area contributed by atoms with Gasteiger partial charge in [-0.3, -0.25) is 4.79 Å². The van der Waals surface area contributed by atoms with Crippen molar-refractivity contribution in [2.45, 2.75) is 45.6 Å². The summed E-state index contributed by atoms with van der Waals surface area (Å²) in [6, 6.07) is 7.51. The van der Waals surface area contributed by atoms with E-state index in [2.05, 4.69) is 31.0 Å². The van der Waals surface area contributed by atoms with E-state index in [9.17, 15) is 4.79 Å². The molecule has 0 aliphatic carbocycles. The quantitative estimate of drug-likeness (QED) is 0.618. The smallest absolute Gasteiger partial charge is 0.251 e. The van der Waals surface area contributed by atoms with Gasteiger partial charge in [0.2, 0.25) is 0 Å². The molecule has 0 saturated carbocycles. The molecule has 1 amide bonds. The van der Waals surface area contributed by atoms with E-state index >= 15 is 0 Å². The largest absolute Gasteiger partial charge is 0.350 e. The predicted octanol–water partition coefficient (Wildman–Crippen LogP) is 2.70. The molecule has 0 saturated heterocycles. The van der Waals surface area contributed by atoms with Gasteiger partial charge in [0.15, 0.2) is 0 Å². The SMILES string of the molecule is CCCCCC(C)NC(=O)c1ccc(C#CCN)cc1. The highest BCUT2D eigenvalue weighted by Crippen LogP contribution is 2.06. The molecular weight excluding hydrogens is 248 g/mol. The lowest BCUT2D eigenvalue weighted by Gasteiger charge is -2.13. The summed E-state index contributed by atoms with van der Waals surface area (Å²) in [6.07, 6.45) is 4.60. The van der Waals surface area contributed by atoms with Gasteiger partial charge in [-0.15, -0.1) is 0 Å². The van der Waals surface area contributed by atoms with Crippen LogP contribution in [0.3, 0.4) is 0 Å². The molecule has 1 aromatic carbocycles. The number of rotatable bonds is 6. The van der Waals surface area contributed by atoms with E-state index in [1.807, 2.05) is 12.1 Å². The molecule has 0 bridgehead atoms. The van der Waals surface area contributed by atoms with Crippen LogP contribution in [0.2, 0.25) is 0 Å². The van der Waals surface area contributed by atoms with Crippen LogP contribution in [0.25, 0.3) is 0 Å². The molecule has 0 aliphatic heterocycles. The molecular formula is C17H24N2O. The Morgan fingerprint density at radius 2 is 2.00 bits per heavy atom. The molecule has 20 heavy (non-hydrogen) atoms. The van der Waals surface area contributed by atoms with Crippen LogP contribution in [0, 0.1) is 11.8 Å². The monoisotopic (exact) mass is 272 g/mol. The molecule has 0 radical (unpaired) electrons. The van der Waals surface area contributed by atoms with Crippen molar-refractivity contribution in [2.75, 3.05) is 6.54 Å². The van der Waals surface area contributed by atoms with Crippen LogP contribution in [-0.2, 0) is 0 Å². The van der Waals surface area contributed by atoms with Gasteiger partial charge in [0.1, 0.15) is 0 Å². The Hall–Kier alpha value is -1.79. The minimum atomic E-state index is -0.0210. The Labute approximate surface area is 121 Å². The maximum atomic E-state index is 12.0. The van der Waals surface area contributed by atoms with E-state index in [-0.39, 0.29) is 11.9 Å². The third-order valence-electron chi connectivity index (χ3n) is 3.10. The second-order valence-corrected chi connectivity index (χ2v) is 4.95. The Morgan fingerprint density at radius 1 is 1.30 bits per heavy atom. The zero-order valence-corrected chi connectivity index (χ0v) is 12.4. The minimum Gasteiger partial charge on any atom is -0.350 e. The number of nitrogens with one attached hydrogen (secondary N) is 1. The topological polar surface area (TPSA) is 55.1 Å². The summed E-state index contributed by atoms with van der Waals surface area (Å²) in [5, 5.41) is 3.02. The number of benzene rings is 1. The molecule has 3 N–H and O–H groups in total. The minimum absolute atomic E-state index is 0.0210. The standard InChI is InChI=1S/C17H24N2O/c1-3-4-5-7-14(2)19-17(20)16-11-9-15(10-12-16)8-6-13-18/h9-12,14H,3-5,7,13,18H2,1-2H3,(H,19,20). The average molecular weight is 272 g/mol. The lowest BCUT2D eigenvalue weighted by molar-refractivity contribution is 0.0938. The molecule has 3 heteroatoms. The predicted molar refractivity (Wildman–Crippen MR) is 83.4 cm³/mol. The van der Waals surface area contributed by atoms with E-state index in [1.165, 1.54) is 12.8 Å². The van der Waals surface area contributed by atoms with E-state index in [4.69, 9.17) is 5.73 Å². The van der Waals surface area contributed by atoms with Crippen LogP contribution in [0.4, 0.5) is 0 Å². The zero-order valence-electron chi connectivity index (χ0n) is 12.4. The first-order valence-electron chi connectivity index (χ1n) is 7.27. The third-order valence-corrected chi connectivity index (χ3v) is 3.10. The van der Waals surface area contributed by atoms with Gasteiger partial charge in [0.25, 0.3) is 5.91 Å². The van der Waals surface area contributed by atoms with Crippen molar-refractivity contribution >= 4 is 5.91 Å². The van der Waals surface area contributed by atoms with Gasteiger partial charge < -0.3 is 11.1 Å². The lowest BCUT2D eigenvalue weighted by atomic mass is 10.1. The number of unbranched alkanes of at least 4 members (excludes halogenated alkanes) is 2. The van der Waals surface area contributed by atoms with Crippen molar-refractivity contribution in [1.29, 1.82) is 0 Å². The fourth-order valence-corrected chi connectivity index (χ4v) is 1.94. The van der Waals surface area contributed by atoms with Crippen LogP contribution >= 0.6 is 0 Å². The molecule has 0 aromatic heterocycles. The van der Waals surface area contributed by atoms with Gasteiger partial charge in [-0.25, -0.2) is 0 Å². The first kappa shape index (κ1) is 16.3. The van der Waals surface area contributed by atoms with Crippen molar-refractivity contribution in [3.63, 3.8) is 0 Å². The summed E-state index contributed by atoms with van der Waals surface area (Å²) >= 11 is 0. The molecule has 0 heterocycles. The Kier molecular flexibility index (Phi) is 7.46. The lowest BCUT2D eigenvalue weighted by Crippen LogP contribution is -2.32. The summed E-state index contributed by atoms with van der Waals surface area (Å²) in [7, 11) is 0. The van der Waals surface area contributed by atoms with Gasteiger partial charge in [-0.05, 0) is 37.6 Å². The number of hydrogen-bond acceptors (Lipinski definition) is 2.